The van der Waals surface area contributed by atoms with E-state index in [1.165, 1.54) is 0 Å². The van der Waals surface area contributed by atoms with Crippen LogP contribution < -0.4 is 11.1 Å². The number of carboxylic acid groups (broad SMARTS) is 1. The molecule has 0 spiro atoms. The van der Waals surface area contributed by atoms with Crippen molar-refractivity contribution in [2.45, 2.75) is 38.2 Å². The van der Waals surface area contributed by atoms with Gasteiger partial charge in [0.15, 0.2) is 6.10 Å². The molecule has 8 nitrogen and oxygen atoms in total. The van der Waals surface area contributed by atoms with Gasteiger partial charge in [0.2, 0.25) is 5.91 Å². The molecule has 0 saturated heterocycles. The third kappa shape index (κ3) is 9.36. The molecule has 1 unspecified atom stereocenters. The fourth-order valence-corrected chi connectivity index (χ4v) is 3.15. The molecule has 1 rings (SSSR count). The molecule has 0 aromatic heterocycles. The van der Waals surface area contributed by atoms with Gasteiger partial charge < -0.3 is 21.1 Å². The highest BCUT2D eigenvalue weighted by Crippen LogP contribution is 2.42. The maximum atomic E-state index is 12.0. The van der Waals surface area contributed by atoms with Gasteiger partial charge in [-0.05, 0) is 37.8 Å². The maximum absolute atomic E-state index is 12.0. The van der Waals surface area contributed by atoms with Crippen molar-refractivity contribution in [3.05, 3.63) is 35.9 Å². The minimum absolute atomic E-state index is 0.0824. The number of nitrogens with one attached hydrogen (secondary N) is 1. The fraction of sp³-hybridized carbons (Fsp3) is 0.500. The second-order valence-electron chi connectivity index (χ2n) is 5.60. The van der Waals surface area contributed by atoms with E-state index in [9.17, 15) is 19.0 Å². The first kappa shape index (κ1) is 21.3. The Hall–Kier alpha value is -1.73. The van der Waals surface area contributed by atoms with Crippen LogP contribution in [0.25, 0.3) is 0 Å². The lowest BCUT2D eigenvalue weighted by Gasteiger charge is -2.18. The van der Waals surface area contributed by atoms with Gasteiger partial charge >= 0.3 is 13.6 Å². The third-order valence-electron chi connectivity index (χ3n) is 3.45. The van der Waals surface area contributed by atoms with Crippen LogP contribution in [0.4, 0.5) is 0 Å². The summed E-state index contributed by atoms with van der Waals surface area (Å²) in [5.41, 5.74) is 6.31. The molecule has 140 valence electrons. The minimum atomic E-state index is -4.24. The molecule has 9 heteroatoms. The molecule has 1 aromatic carbocycles. The highest BCUT2D eigenvalue weighted by Gasteiger charge is 2.29. The molecule has 0 aliphatic rings. The van der Waals surface area contributed by atoms with Crippen molar-refractivity contribution in [3.8, 4) is 0 Å². The number of unbranched alkanes of at least 4 members (excludes halogenated alkanes) is 1. The van der Waals surface area contributed by atoms with Crippen molar-refractivity contribution < 1.29 is 28.7 Å². The van der Waals surface area contributed by atoms with Crippen LogP contribution in [-0.2, 0) is 25.1 Å². The number of hydrogen-bond acceptors (Lipinski definition) is 5. The number of benzene rings is 1. The summed E-state index contributed by atoms with van der Waals surface area (Å²) in [5.74, 6) is -1.72. The molecule has 0 radical (unpaired) electrons. The minimum Gasteiger partial charge on any atom is -0.479 e. The van der Waals surface area contributed by atoms with E-state index in [4.69, 9.17) is 15.4 Å². The van der Waals surface area contributed by atoms with Crippen LogP contribution in [0.2, 0.25) is 0 Å². The lowest BCUT2D eigenvalue weighted by atomic mass is 10.1. The van der Waals surface area contributed by atoms with Crippen LogP contribution in [0.3, 0.4) is 0 Å². The summed E-state index contributed by atoms with van der Waals surface area (Å²) >= 11 is 0. The van der Waals surface area contributed by atoms with Crippen molar-refractivity contribution in [2.75, 3.05) is 12.8 Å². The Morgan fingerprint density at radius 3 is 2.52 bits per heavy atom. The van der Waals surface area contributed by atoms with E-state index < -0.39 is 31.9 Å². The number of carbonyl (C=O) groups is 2. The van der Waals surface area contributed by atoms with E-state index in [0.717, 1.165) is 5.56 Å². The standard InChI is InChI=1S/C16H25N2O6P/c17-11-5-4-8-14(16(20)21)24-25(22,23)12-18-15(19)10-9-13-6-2-1-3-7-13/h1-3,6-7,14H,4-5,8-12,17H2,(H,18,19)(H,20,21)(H,22,23)/t14-/m0/s1. The zero-order valence-electron chi connectivity index (χ0n) is 14.0. The second-order valence-corrected chi connectivity index (χ2v) is 7.40. The van der Waals surface area contributed by atoms with Gasteiger partial charge in [0.1, 0.15) is 6.29 Å². The number of amides is 1. The number of carboxylic acids is 1. The summed E-state index contributed by atoms with van der Waals surface area (Å²) in [5, 5.41) is 11.4. The lowest BCUT2D eigenvalue weighted by molar-refractivity contribution is -0.145. The summed E-state index contributed by atoms with van der Waals surface area (Å²) < 4.78 is 16.8. The largest absolute Gasteiger partial charge is 0.479 e. The Morgan fingerprint density at radius 1 is 1.24 bits per heavy atom. The smallest absolute Gasteiger partial charge is 0.347 e. The van der Waals surface area contributed by atoms with Crippen molar-refractivity contribution in [1.82, 2.24) is 5.32 Å². The van der Waals surface area contributed by atoms with E-state index in [1.807, 2.05) is 30.3 Å². The molecular formula is C16H25N2O6P. The van der Waals surface area contributed by atoms with E-state index >= 15 is 0 Å². The average molecular weight is 372 g/mol. The number of hydrogen-bond donors (Lipinski definition) is 4. The fourth-order valence-electron chi connectivity index (χ4n) is 2.11. The number of carbonyl (C=O) groups excluding carboxylic acids is 1. The lowest BCUT2D eigenvalue weighted by Crippen LogP contribution is -2.28. The summed E-state index contributed by atoms with van der Waals surface area (Å²) in [6.07, 6.45) is -0.220. The van der Waals surface area contributed by atoms with E-state index in [1.54, 1.807) is 0 Å². The first-order chi connectivity index (χ1) is 11.8. The number of nitrogens with two attached hydrogens (primary N) is 1. The highest BCUT2D eigenvalue weighted by atomic mass is 31.2. The topological polar surface area (TPSA) is 139 Å². The maximum Gasteiger partial charge on any atom is 0.347 e. The monoisotopic (exact) mass is 372 g/mol. The van der Waals surface area contributed by atoms with Gasteiger partial charge in [0.25, 0.3) is 0 Å². The molecule has 0 bridgehead atoms. The second kappa shape index (κ2) is 11.0. The zero-order chi connectivity index (χ0) is 18.7. The number of rotatable bonds is 12. The van der Waals surface area contributed by atoms with Gasteiger partial charge in [-0.15, -0.1) is 0 Å². The van der Waals surface area contributed by atoms with Crippen molar-refractivity contribution in [3.63, 3.8) is 0 Å². The molecule has 2 atom stereocenters. The van der Waals surface area contributed by atoms with Gasteiger partial charge in [0.05, 0.1) is 0 Å². The SMILES string of the molecule is NCCCC[C@H](OP(=O)(O)CNC(=O)CCc1ccccc1)C(=O)O. The first-order valence-corrected chi connectivity index (χ1v) is 9.84. The first-order valence-electron chi connectivity index (χ1n) is 8.08. The van der Waals surface area contributed by atoms with Crippen LogP contribution in [-0.4, -0.2) is 40.8 Å². The highest BCUT2D eigenvalue weighted by molar-refractivity contribution is 7.52. The van der Waals surface area contributed by atoms with Gasteiger partial charge in [-0.3, -0.25) is 13.9 Å². The Kier molecular flexibility index (Phi) is 9.37. The summed E-state index contributed by atoms with van der Waals surface area (Å²) in [6, 6.07) is 9.35. The van der Waals surface area contributed by atoms with E-state index in [2.05, 4.69) is 5.32 Å². The third-order valence-corrected chi connectivity index (χ3v) is 4.59. The molecule has 25 heavy (non-hydrogen) atoms. The molecule has 0 aliphatic heterocycles. The van der Waals surface area contributed by atoms with Gasteiger partial charge in [-0.1, -0.05) is 30.3 Å². The predicted octanol–water partition coefficient (Wildman–Crippen LogP) is 1.48. The van der Waals surface area contributed by atoms with Crippen LogP contribution in [0.1, 0.15) is 31.2 Å². The average Bonchev–Trinajstić information content (AvgIpc) is 2.58. The van der Waals surface area contributed by atoms with Crippen LogP contribution in [0.5, 0.6) is 0 Å². The number of aliphatic carboxylic acids is 1. The Labute approximate surface area is 146 Å². The van der Waals surface area contributed by atoms with Gasteiger partial charge in [-0.2, -0.15) is 0 Å². The number of aryl methyl sites for hydroxylation is 1. The van der Waals surface area contributed by atoms with Crippen molar-refractivity contribution >= 4 is 19.5 Å². The van der Waals surface area contributed by atoms with Crippen LogP contribution >= 0.6 is 7.60 Å². The van der Waals surface area contributed by atoms with Crippen LogP contribution in [0, 0.1) is 0 Å². The van der Waals surface area contributed by atoms with Gasteiger partial charge in [0, 0.05) is 6.42 Å². The molecule has 0 heterocycles. The Bertz CT molecular complexity index is 596. The quantitative estimate of drug-likeness (QED) is 0.322. The summed E-state index contributed by atoms with van der Waals surface area (Å²) in [4.78, 5) is 32.6. The normalized spacial score (nSPS) is 14.5. The van der Waals surface area contributed by atoms with E-state index in [0.29, 0.717) is 25.8 Å². The van der Waals surface area contributed by atoms with Crippen molar-refractivity contribution in [1.29, 1.82) is 0 Å². The van der Waals surface area contributed by atoms with Gasteiger partial charge in [-0.25, -0.2) is 4.79 Å². The molecule has 0 saturated carbocycles. The molecule has 0 fully saturated rings. The zero-order valence-corrected chi connectivity index (χ0v) is 14.9. The molecular weight excluding hydrogens is 347 g/mol. The molecule has 0 aliphatic carbocycles. The molecule has 1 aromatic rings. The Morgan fingerprint density at radius 2 is 1.92 bits per heavy atom. The summed E-state index contributed by atoms with van der Waals surface area (Å²) in [7, 11) is -4.24. The molecule has 5 N–H and O–H groups in total. The van der Waals surface area contributed by atoms with Crippen LogP contribution in [0.15, 0.2) is 30.3 Å². The summed E-state index contributed by atoms with van der Waals surface area (Å²) in [6.45, 7) is 0.403. The Balaban J connectivity index is 2.40. The van der Waals surface area contributed by atoms with E-state index in [-0.39, 0.29) is 12.8 Å². The predicted molar refractivity (Wildman–Crippen MR) is 93.0 cm³/mol. The molecule has 1 amide bonds. The van der Waals surface area contributed by atoms with Crippen molar-refractivity contribution in [2.24, 2.45) is 5.73 Å².